The van der Waals surface area contributed by atoms with Crippen molar-refractivity contribution in [3.63, 3.8) is 0 Å². The normalized spacial score (nSPS) is 16.2. The lowest BCUT2D eigenvalue weighted by Gasteiger charge is -2.34. The number of hydrogen-bond acceptors (Lipinski definition) is 3. The number of carbonyl (C=O) groups excluding carboxylic acids is 1. The number of aromatic nitrogens is 1. The number of hydrogen-bond donors (Lipinski definition) is 0. The van der Waals surface area contributed by atoms with Gasteiger partial charge in [-0.05, 0) is 30.3 Å². The third-order valence-corrected chi connectivity index (χ3v) is 6.11. The molecule has 6 nitrogen and oxygen atoms in total. The first-order valence-corrected chi connectivity index (χ1v) is 9.10. The summed E-state index contributed by atoms with van der Waals surface area (Å²) in [4.78, 5) is 13.7. The Hall–Kier alpha value is -2.26. The molecule has 0 atom stereocenters. The molecule has 0 unspecified atom stereocenters. The van der Waals surface area contributed by atoms with Crippen LogP contribution in [0.3, 0.4) is 0 Å². The number of halogens is 2. The quantitative estimate of drug-likeness (QED) is 0.823. The molecule has 1 fully saturated rings. The maximum absolute atomic E-state index is 13.3. The van der Waals surface area contributed by atoms with Crippen LogP contribution < -0.4 is 0 Å². The van der Waals surface area contributed by atoms with E-state index >= 15 is 0 Å². The minimum Gasteiger partial charge on any atom is -0.347 e. The first kappa shape index (κ1) is 17.6. The second-order valence-electron chi connectivity index (χ2n) is 5.78. The Morgan fingerprint density at radius 1 is 1.04 bits per heavy atom. The number of amides is 1. The maximum atomic E-state index is 13.3. The van der Waals surface area contributed by atoms with Crippen molar-refractivity contribution in [2.75, 3.05) is 26.2 Å². The molecule has 0 spiro atoms. The zero-order valence-corrected chi connectivity index (χ0v) is 14.3. The van der Waals surface area contributed by atoms with Gasteiger partial charge in [-0.15, -0.1) is 0 Å². The average Bonchev–Trinajstić information content (AvgIpc) is 3.02. The number of sulfonamides is 1. The van der Waals surface area contributed by atoms with Crippen molar-refractivity contribution in [1.82, 2.24) is 13.8 Å². The highest BCUT2D eigenvalue weighted by molar-refractivity contribution is 7.89. The summed E-state index contributed by atoms with van der Waals surface area (Å²) < 4.78 is 54.3. The molecule has 0 radical (unpaired) electrons. The molecular weight excluding hydrogens is 352 g/mol. The van der Waals surface area contributed by atoms with Crippen LogP contribution in [0.1, 0.15) is 10.5 Å². The van der Waals surface area contributed by atoms with Crippen LogP contribution in [0.5, 0.6) is 0 Å². The van der Waals surface area contributed by atoms with Crippen LogP contribution in [0, 0.1) is 11.6 Å². The van der Waals surface area contributed by atoms with Gasteiger partial charge in [-0.2, -0.15) is 4.31 Å². The van der Waals surface area contributed by atoms with Crippen molar-refractivity contribution in [3.05, 3.63) is 53.9 Å². The van der Waals surface area contributed by atoms with Gasteiger partial charge >= 0.3 is 0 Å². The fourth-order valence-corrected chi connectivity index (χ4v) is 4.20. The van der Waals surface area contributed by atoms with Gasteiger partial charge in [0.2, 0.25) is 10.0 Å². The summed E-state index contributed by atoms with van der Waals surface area (Å²) >= 11 is 0. The predicted octanol–water partition coefficient (Wildman–Crippen LogP) is 1.45. The molecule has 1 aliphatic rings. The SMILES string of the molecule is Cn1cccc1C(=O)N1CCN(S(=O)(=O)c2ccc(F)c(F)c2)CC1. The zero-order valence-electron chi connectivity index (χ0n) is 13.5. The van der Waals surface area contributed by atoms with E-state index in [1.807, 2.05) is 0 Å². The number of nitrogens with zero attached hydrogens (tertiary/aromatic N) is 3. The fourth-order valence-electron chi connectivity index (χ4n) is 2.76. The highest BCUT2D eigenvalue weighted by atomic mass is 32.2. The van der Waals surface area contributed by atoms with Gasteiger partial charge in [0.05, 0.1) is 4.90 Å². The van der Waals surface area contributed by atoms with Gasteiger partial charge in [0.15, 0.2) is 11.6 Å². The molecule has 1 aromatic carbocycles. The van der Waals surface area contributed by atoms with Crippen LogP contribution in [-0.4, -0.2) is 54.3 Å². The van der Waals surface area contributed by atoms with Crippen molar-refractivity contribution in [2.24, 2.45) is 7.05 Å². The van der Waals surface area contributed by atoms with Crippen LogP contribution in [-0.2, 0) is 17.1 Å². The van der Waals surface area contributed by atoms with Crippen molar-refractivity contribution in [1.29, 1.82) is 0 Å². The van der Waals surface area contributed by atoms with Crippen molar-refractivity contribution in [2.45, 2.75) is 4.90 Å². The molecule has 1 aliphatic heterocycles. The predicted molar refractivity (Wildman–Crippen MR) is 86.4 cm³/mol. The highest BCUT2D eigenvalue weighted by Crippen LogP contribution is 2.20. The Morgan fingerprint density at radius 2 is 1.72 bits per heavy atom. The molecule has 1 saturated heterocycles. The molecular formula is C16H17F2N3O3S. The minimum absolute atomic E-state index is 0.0947. The number of benzene rings is 1. The lowest BCUT2D eigenvalue weighted by molar-refractivity contribution is 0.0688. The van der Waals surface area contributed by atoms with Crippen molar-refractivity contribution >= 4 is 15.9 Å². The molecule has 0 N–H and O–H groups in total. The number of carbonyl (C=O) groups is 1. The van der Waals surface area contributed by atoms with E-state index in [0.717, 1.165) is 12.1 Å². The Morgan fingerprint density at radius 3 is 2.28 bits per heavy atom. The molecule has 3 rings (SSSR count). The van der Waals surface area contributed by atoms with Crippen LogP contribution in [0.25, 0.3) is 0 Å². The molecule has 134 valence electrons. The van der Waals surface area contributed by atoms with Gasteiger partial charge in [-0.1, -0.05) is 0 Å². The maximum Gasteiger partial charge on any atom is 0.270 e. The minimum atomic E-state index is -3.93. The number of piperazine rings is 1. The van der Waals surface area contributed by atoms with Gasteiger partial charge in [-0.3, -0.25) is 4.79 Å². The van der Waals surface area contributed by atoms with Gasteiger partial charge in [-0.25, -0.2) is 17.2 Å². The summed E-state index contributed by atoms with van der Waals surface area (Å²) in [6, 6.07) is 5.96. The Labute approximate surface area is 144 Å². The van der Waals surface area contributed by atoms with E-state index in [-0.39, 0.29) is 37.0 Å². The van der Waals surface area contributed by atoms with E-state index in [1.165, 1.54) is 4.31 Å². The Kier molecular flexibility index (Phi) is 4.61. The van der Waals surface area contributed by atoms with E-state index in [0.29, 0.717) is 11.8 Å². The van der Waals surface area contributed by atoms with Crippen LogP contribution in [0.4, 0.5) is 8.78 Å². The summed E-state index contributed by atoms with van der Waals surface area (Å²) in [6.45, 7) is 0.648. The lowest BCUT2D eigenvalue weighted by atomic mass is 10.3. The molecule has 2 heterocycles. The molecule has 0 aliphatic carbocycles. The molecule has 25 heavy (non-hydrogen) atoms. The molecule has 1 aromatic heterocycles. The monoisotopic (exact) mass is 369 g/mol. The Balaban J connectivity index is 1.72. The van der Waals surface area contributed by atoms with Crippen molar-refractivity contribution in [3.8, 4) is 0 Å². The zero-order chi connectivity index (χ0) is 18.2. The first-order chi connectivity index (χ1) is 11.8. The van der Waals surface area contributed by atoms with Gasteiger partial charge < -0.3 is 9.47 Å². The van der Waals surface area contributed by atoms with E-state index in [1.54, 1.807) is 34.8 Å². The summed E-state index contributed by atoms with van der Waals surface area (Å²) in [7, 11) is -2.17. The molecule has 9 heteroatoms. The third kappa shape index (κ3) is 3.29. The van der Waals surface area contributed by atoms with Gasteiger partial charge in [0.1, 0.15) is 5.69 Å². The largest absolute Gasteiger partial charge is 0.347 e. The van der Waals surface area contributed by atoms with Gasteiger partial charge in [0, 0.05) is 39.4 Å². The van der Waals surface area contributed by atoms with Crippen molar-refractivity contribution < 1.29 is 22.0 Å². The average molecular weight is 369 g/mol. The molecule has 0 bridgehead atoms. The fraction of sp³-hybridized carbons (Fsp3) is 0.312. The van der Waals surface area contributed by atoms with Crippen LogP contribution >= 0.6 is 0 Å². The van der Waals surface area contributed by atoms with E-state index in [2.05, 4.69) is 0 Å². The second kappa shape index (κ2) is 6.57. The van der Waals surface area contributed by atoms with Crippen LogP contribution in [0.15, 0.2) is 41.4 Å². The topological polar surface area (TPSA) is 62.6 Å². The summed E-state index contributed by atoms with van der Waals surface area (Å²) in [5.74, 6) is -2.48. The smallest absolute Gasteiger partial charge is 0.270 e. The summed E-state index contributed by atoms with van der Waals surface area (Å²) in [6.07, 6.45) is 1.76. The summed E-state index contributed by atoms with van der Waals surface area (Å²) in [5, 5.41) is 0. The van der Waals surface area contributed by atoms with Gasteiger partial charge in [0.25, 0.3) is 5.91 Å². The van der Waals surface area contributed by atoms with E-state index < -0.39 is 21.7 Å². The lowest BCUT2D eigenvalue weighted by Crippen LogP contribution is -2.50. The number of aryl methyl sites for hydroxylation is 1. The highest BCUT2D eigenvalue weighted by Gasteiger charge is 2.31. The first-order valence-electron chi connectivity index (χ1n) is 7.66. The molecule has 2 aromatic rings. The van der Waals surface area contributed by atoms with E-state index in [4.69, 9.17) is 0 Å². The standard InChI is InChI=1S/C16H17F2N3O3S/c1-19-6-2-3-15(19)16(22)20-7-9-21(10-8-20)25(23,24)12-4-5-13(17)14(18)11-12/h2-6,11H,7-10H2,1H3. The summed E-state index contributed by atoms with van der Waals surface area (Å²) in [5.41, 5.74) is 0.525. The number of rotatable bonds is 3. The molecule has 0 saturated carbocycles. The van der Waals surface area contributed by atoms with E-state index in [9.17, 15) is 22.0 Å². The molecule has 1 amide bonds. The van der Waals surface area contributed by atoms with Crippen LogP contribution in [0.2, 0.25) is 0 Å². The third-order valence-electron chi connectivity index (χ3n) is 4.22. The second-order valence-corrected chi connectivity index (χ2v) is 7.71. The Bertz CT molecular complexity index is 903.